The summed E-state index contributed by atoms with van der Waals surface area (Å²) < 4.78 is 25.9. The summed E-state index contributed by atoms with van der Waals surface area (Å²) in [6, 6.07) is 0. The number of aromatic nitrogens is 1. The highest BCUT2D eigenvalue weighted by molar-refractivity contribution is 9.10. The van der Waals surface area contributed by atoms with Crippen LogP contribution in [0.15, 0.2) is 16.9 Å². The van der Waals surface area contributed by atoms with Crippen molar-refractivity contribution in [1.29, 1.82) is 0 Å². The van der Waals surface area contributed by atoms with E-state index in [4.69, 9.17) is 10.8 Å². The number of rotatable bonds is 4. The van der Waals surface area contributed by atoms with Crippen LogP contribution in [0.1, 0.15) is 0 Å². The number of alkyl halides is 2. The van der Waals surface area contributed by atoms with Crippen molar-refractivity contribution >= 4 is 27.3 Å². The van der Waals surface area contributed by atoms with Gasteiger partial charge in [0.1, 0.15) is 6.61 Å². The van der Waals surface area contributed by atoms with Gasteiger partial charge in [0.05, 0.1) is 28.6 Å². The summed E-state index contributed by atoms with van der Waals surface area (Å²) in [7, 11) is 0. The number of hydrogen-bond donors (Lipinski definition) is 3. The van der Waals surface area contributed by atoms with Gasteiger partial charge in [0, 0.05) is 6.20 Å². The normalized spacial score (nSPS) is 11.5. The van der Waals surface area contributed by atoms with Crippen LogP contribution in [0.3, 0.4) is 0 Å². The van der Waals surface area contributed by atoms with Crippen molar-refractivity contribution in [2.75, 3.05) is 24.2 Å². The van der Waals surface area contributed by atoms with Gasteiger partial charge in [0.25, 0.3) is 5.92 Å². The Labute approximate surface area is 93.6 Å². The molecule has 1 rings (SSSR count). The molecular weight excluding hydrogens is 272 g/mol. The second kappa shape index (κ2) is 4.71. The van der Waals surface area contributed by atoms with Crippen molar-refractivity contribution < 1.29 is 13.9 Å². The zero-order valence-electron chi connectivity index (χ0n) is 7.67. The van der Waals surface area contributed by atoms with E-state index in [1.165, 1.54) is 12.4 Å². The number of hydrogen-bond acceptors (Lipinski definition) is 4. The van der Waals surface area contributed by atoms with Crippen LogP contribution < -0.4 is 11.1 Å². The average Bonchev–Trinajstić information content (AvgIpc) is 2.17. The van der Waals surface area contributed by atoms with E-state index < -0.39 is 19.1 Å². The van der Waals surface area contributed by atoms with Gasteiger partial charge in [-0.15, -0.1) is 0 Å². The summed E-state index contributed by atoms with van der Waals surface area (Å²) in [5.41, 5.74) is 6.14. The minimum Gasteiger partial charge on any atom is -0.396 e. The highest BCUT2D eigenvalue weighted by Gasteiger charge is 2.27. The van der Waals surface area contributed by atoms with E-state index in [2.05, 4.69) is 26.2 Å². The summed E-state index contributed by atoms with van der Waals surface area (Å²) in [6.07, 6.45) is 2.79. The van der Waals surface area contributed by atoms with E-state index >= 15 is 0 Å². The Balaban J connectivity index is 2.73. The Morgan fingerprint density at radius 1 is 1.53 bits per heavy atom. The van der Waals surface area contributed by atoms with Crippen LogP contribution in [0.4, 0.5) is 20.2 Å². The van der Waals surface area contributed by atoms with Crippen molar-refractivity contribution in [3.63, 3.8) is 0 Å². The summed E-state index contributed by atoms with van der Waals surface area (Å²) >= 11 is 3.12. The van der Waals surface area contributed by atoms with Crippen molar-refractivity contribution in [3.8, 4) is 0 Å². The molecule has 0 saturated heterocycles. The molecule has 0 aliphatic rings. The molecule has 7 heteroatoms. The number of nitrogens with two attached hydrogens (primary N) is 1. The molecule has 0 aromatic carbocycles. The van der Waals surface area contributed by atoms with E-state index in [9.17, 15) is 8.78 Å². The molecule has 84 valence electrons. The fraction of sp³-hybridized carbons (Fsp3) is 0.375. The molecule has 0 amide bonds. The van der Waals surface area contributed by atoms with Crippen LogP contribution >= 0.6 is 15.9 Å². The molecular formula is C8H10BrF2N3O. The van der Waals surface area contributed by atoms with Crippen molar-refractivity contribution in [2.24, 2.45) is 0 Å². The zero-order chi connectivity index (χ0) is 11.5. The number of aliphatic hydroxyl groups excluding tert-OH is 1. The first-order chi connectivity index (χ1) is 6.96. The Morgan fingerprint density at radius 2 is 2.20 bits per heavy atom. The summed E-state index contributed by atoms with van der Waals surface area (Å²) in [5, 5.41) is 10.8. The number of nitrogen functional groups attached to an aromatic ring is 1. The van der Waals surface area contributed by atoms with Gasteiger partial charge in [-0.05, 0) is 15.9 Å². The van der Waals surface area contributed by atoms with Crippen LogP contribution in [0.5, 0.6) is 0 Å². The molecule has 0 radical (unpaired) electrons. The van der Waals surface area contributed by atoms with Gasteiger partial charge in [-0.3, -0.25) is 4.98 Å². The van der Waals surface area contributed by atoms with Crippen molar-refractivity contribution in [1.82, 2.24) is 4.98 Å². The summed E-state index contributed by atoms with van der Waals surface area (Å²) in [5.74, 6) is -3.17. The smallest absolute Gasteiger partial charge is 0.287 e. The van der Waals surface area contributed by atoms with Gasteiger partial charge in [0.2, 0.25) is 0 Å². The fourth-order valence-electron chi connectivity index (χ4n) is 0.910. The minimum absolute atomic E-state index is 0.262. The maximum absolute atomic E-state index is 12.7. The third-order valence-corrected chi connectivity index (χ3v) is 2.29. The van der Waals surface area contributed by atoms with Gasteiger partial charge in [-0.25, -0.2) is 8.78 Å². The highest BCUT2D eigenvalue weighted by Crippen LogP contribution is 2.27. The molecule has 0 saturated carbocycles. The molecule has 15 heavy (non-hydrogen) atoms. The molecule has 0 unspecified atom stereocenters. The lowest BCUT2D eigenvalue weighted by atomic mass is 10.3. The molecule has 0 bridgehead atoms. The predicted molar refractivity (Wildman–Crippen MR) is 56.9 cm³/mol. The topological polar surface area (TPSA) is 71.2 Å². The van der Waals surface area contributed by atoms with E-state index in [0.29, 0.717) is 10.2 Å². The van der Waals surface area contributed by atoms with Gasteiger partial charge in [-0.1, -0.05) is 0 Å². The molecule has 4 nitrogen and oxygen atoms in total. The third kappa shape index (κ3) is 3.28. The Hall–Kier alpha value is -0.950. The number of anilines is 2. The van der Waals surface area contributed by atoms with Gasteiger partial charge >= 0.3 is 0 Å². The van der Waals surface area contributed by atoms with Crippen molar-refractivity contribution in [3.05, 3.63) is 16.9 Å². The first-order valence-electron chi connectivity index (χ1n) is 4.08. The molecule has 1 aromatic rings. The average molecular weight is 282 g/mol. The molecule has 0 aliphatic carbocycles. The van der Waals surface area contributed by atoms with Crippen LogP contribution in [-0.4, -0.2) is 29.2 Å². The molecule has 4 N–H and O–H groups in total. The highest BCUT2D eigenvalue weighted by atomic mass is 79.9. The van der Waals surface area contributed by atoms with E-state index in [1.807, 2.05) is 0 Å². The molecule has 0 atom stereocenters. The van der Waals surface area contributed by atoms with Gasteiger partial charge < -0.3 is 16.2 Å². The predicted octanol–water partition coefficient (Wildman–Crippen LogP) is 1.47. The van der Waals surface area contributed by atoms with Crippen LogP contribution in [-0.2, 0) is 0 Å². The lowest BCUT2D eigenvalue weighted by Gasteiger charge is -2.16. The lowest BCUT2D eigenvalue weighted by molar-refractivity contribution is -0.0372. The van der Waals surface area contributed by atoms with Gasteiger partial charge in [0.15, 0.2) is 0 Å². The second-order valence-corrected chi connectivity index (χ2v) is 3.81. The summed E-state index contributed by atoms with van der Waals surface area (Å²) in [6.45, 7) is -1.89. The number of halogens is 3. The first kappa shape index (κ1) is 12.1. The van der Waals surface area contributed by atoms with Gasteiger partial charge in [-0.2, -0.15) is 0 Å². The number of nitrogens with one attached hydrogen (secondary N) is 1. The van der Waals surface area contributed by atoms with Crippen LogP contribution in [0, 0.1) is 0 Å². The first-order valence-corrected chi connectivity index (χ1v) is 4.87. The molecule has 0 spiro atoms. The monoisotopic (exact) mass is 281 g/mol. The minimum atomic E-state index is -3.17. The van der Waals surface area contributed by atoms with E-state index in [0.717, 1.165) is 0 Å². The standard InChI is InChI=1S/C8H10BrF2N3O/c9-5-1-13-2-6(12)7(5)14-3-8(10,11)4-15/h1-2,15H,3-4,12H2,(H,13,14). The van der Waals surface area contributed by atoms with Crippen LogP contribution in [0.2, 0.25) is 0 Å². The van der Waals surface area contributed by atoms with Crippen molar-refractivity contribution in [2.45, 2.75) is 5.92 Å². The molecule has 1 heterocycles. The largest absolute Gasteiger partial charge is 0.396 e. The van der Waals surface area contributed by atoms with E-state index in [1.54, 1.807) is 0 Å². The maximum Gasteiger partial charge on any atom is 0.287 e. The quantitative estimate of drug-likeness (QED) is 0.782. The lowest BCUT2D eigenvalue weighted by Crippen LogP contribution is -2.31. The Bertz CT molecular complexity index is 328. The number of nitrogens with zero attached hydrogens (tertiary/aromatic N) is 1. The zero-order valence-corrected chi connectivity index (χ0v) is 9.26. The Kier molecular flexibility index (Phi) is 3.81. The summed E-state index contributed by atoms with van der Waals surface area (Å²) in [4.78, 5) is 3.76. The fourth-order valence-corrected chi connectivity index (χ4v) is 1.40. The maximum atomic E-state index is 12.7. The molecule has 0 aliphatic heterocycles. The SMILES string of the molecule is Nc1cncc(Br)c1NCC(F)(F)CO. The third-order valence-electron chi connectivity index (χ3n) is 1.68. The molecule has 1 aromatic heterocycles. The second-order valence-electron chi connectivity index (χ2n) is 2.95. The number of aliphatic hydroxyl groups is 1. The number of pyridine rings is 1. The molecule has 0 fully saturated rings. The van der Waals surface area contributed by atoms with Crippen LogP contribution in [0.25, 0.3) is 0 Å². The van der Waals surface area contributed by atoms with E-state index in [-0.39, 0.29) is 5.69 Å². The Morgan fingerprint density at radius 3 is 2.73 bits per heavy atom.